The summed E-state index contributed by atoms with van der Waals surface area (Å²) >= 11 is 0. The number of ether oxygens (including phenoxy) is 1. The normalized spacial score (nSPS) is 9.64. The summed E-state index contributed by atoms with van der Waals surface area (Å²) in [7, 11) is 0. The Balaban J connectivity index is 2.93. The van der Waals surface area contributed by atoms with Crippen LogP contribution in [0.1, 0.15) is 12.5 Å². The summed E-state index contributed by atoms with van der Waals surface area (Å²) in [5.41, 5.74) is 0.839. The highest BCUT2D eigenvalue weighted by Gasteiger charge is 1.99. The quantitative estimate of drug-likeness (QED) is 0.700. The van der Waals surface area contributed by atoms with Crippen molar-refractivity contribution in [2.24, 2.45) is 0 Å². The topological polar surface area (TPSA) is 29.5 Å². The van der Waals surface area contributed by atoms with Gasteiger partial charge in [-0.1, -0.05) is 6.07 Å². The largest absolute Gasteiger partial charge is 0.504 e. The van der Waals surface area contributed by atoms with E-state index in [1.807, 2.05) is 6.92 Å². The van der Waals surface area contributed by atoms with Gasteiger partial charge in [-0.25, -0.2) is 0 Å². The maximum Gasteiger partial charge on any atom is 0.161 e. The number of benzene rings is 1. The van der Waals surface area contributed by atoms with Crippen molar-refractivity contribution in [1.29, 1.82) is 0 Å². The minimum absolute atomic E-state index is 0.166. The summed E-state index contributed by atoms with van der Waals surface area (Å²) in [6.45, 7) is 6.14. The number of phenols is 1. The summed E-state index contributed by atoms with van der Waals surface area (Å²) in [4.78, 5) is 0. The summed E-state index contributed by atoms with van der Waals surface area (Å²) in [6.07, 6.45) is 0. The Kier molecular flexibility index (Phi) is 2.36. The van der Waals surface area contributed by atoms with Crippen molar-refractivity contribution in [3.63, 3.8) is 0 Å². The Bertz CT molecular complexity index is 243. The first kappa shape index (κ1) is 7.92. The smallest absolute Gasteiger partial charge is 0.161 e. The Morgan fingerprint density at radius 3 is 2.91 bits per heavy atom. The average molecular weight is 151 g/mol. The van der Waals surface area contributed by atoms with Gasteiger partial charge in [0.05, 0.1) is 6.61 Å². The third kappa shape index (κ3) is 1.87. The molecule has 0 fully saturated rings. The summed E-state index contributed by atoms with van der Waals surface area (Å²) in [5, 5.41) is 9.21. The third-order valence-electron chi connectivity index (χ3n) is 1.32. The standard InChI is InChI=1S/C9H11O2/c1-3-11-9-6-7(2)4-5-8(9)10/h4-6,10H,2-3H2,1H3. The molecule has 1 radical (unpaired) electrons. The van der Waals surface area contributed by atoms with E-state index < -0.39 is 0 Å². The van der Waals surface area contributed by atoms with Crippen LogP contribution < -0.4 is 4.74 Å². The van der Waals surface area contributed by atoms with E-state index in [-0.39, 0.29) is 5.75 Å². The molecule has 2 nitrogen and oxygen atoms in total. The van der Waals surface area contributed by atoms with E-state index in [0.29, 0.717) is 12.4 Å². The molecule has 2 heteroatoms. The number of aromatic hydroxyl groups is 1. The number of hydrogen-bond donors (Lipinski definition) is 1. The van der Waals surface area contributed by atoms with Crippen LogP contribution >= 0.6 is 0 Å². The Hall–Kier alpha value is -1.18. The van der Waals surface area contributed by atoms with Crippen LogP contribution in [0.5, 0.6) is 11.5 Å². The van der Waals surface area contributed by atoms with E-state index in [0.717, 1.165) is 5.56 Å². The predicted octanol–water partition coefficient (Wildman–Crippen LogP) is 1.97. The van der Waals surface area contributed by atoms with Crippen molar-refractivity contribution >= 4 is 0 Å². The first-order valence-corrected chi connectivity index (χ1v) is 3.52. The van der Waals surface area contributed by atoms with E-state index in [2.05, 4.69) is 6.92 Å². The molecule has 0 spiro atoms. The highest BCUT2D eigenvalue weighted by atomic mass is 16.5. The van der Waals surface area contributed by atoms with Crippen molar-refractivity contribution in [2.75, 3.05) is 6.61 Å². The van der Waals surface area contributed by atoms with Gasteiger partial charge in [-0.2, -0.15) is 0 Å². The van der Waals surface area contributed by atoms with Crippen molar-refractivity contribution < 1.29 is 9.84 Å². The molecule has 0 saturated heterocycles. The molecule has 1 rings (SSSR count). The molecule has 0 aromatic heterocycles. The highest BCUT2D eigenvalue weighted by Crippen LogP contribution is 2.26. The van der Waals surface area contributed by atoms with Crippen LogP contribution in [0.2, 0.25) is 0 Å². The molecule has 0 saturated carbocycles. The molecule has 0 aliphatic rings. The number of hydrogen-bond acceptors (Lipinski definition) is 2. The Morgan fingerprint density at radius 2 is 2.27 bits per heavy atom. The predicted molar refractivity (Wildman–Crippen MR) is 43.7 cm³/mol. The van der Waals surface area contributed by atoms with Crippen LogP contribution in [-0.2, 0) is 0 Å². The van der Waals surface area contributed by atoms with Crippen LogP contribution in [0.25, 0.3) is 0 Å². The molecule has 0 atom stereocenters. The van der Waals surface area contributed by atoms with Crippen LogP contribution in [0.4, 0.5) is 0 Å². The number of rotatable bonds is 2. The summed E-state index contributed by atoms with van der Waals surface area (Å²) in [5.74, 6) is 0.666. The molecule has 0 heterocycles. The van der Waals surface area contributed by atoms with E-state index in [9.17, 15) is 5.11 Å². The van der Waals surface area contributed by atoms with Gasteiger partial charge in [-0.15, -0.1) is 0 Å². The zero-order valence-electron chi connectivity index (χ0n) is 6.50. The molecule has 0 amide bonds. The van der Waals surface area contributed by atoms with Crippen molar-refractivity contribution in [3.8, 4) is 11.5 Å². The van der Waals surface area contributed by atoms with Crippen molar-refractivity contribution in [1.82, 2.24) is 0 Å². The van der Waals surface area contributed by atoms with Gasteiger partial charge in [0, 0.05) is 0 Å². The first-order valence-electron chi connectivity index (χ1n) is 3.52. The lowest BCUT2D eigenvalue weighted by molar-refractivity contribution is 0.318. The molecule has 1 aromatic rings. The molecule has 0 aliphatic heterocycles. The molecule has 1 N–H and O–H groups in total. The second-order valence-electron chi connectivity index (χ2n) is 2.24. The fraction of sp³-hybridized carbons (Fsp3) is 0.222. The minimum atomic E-state index is 0.166. The van der Waals surface area contributed by atoms with Crippen LogP contribution in [-0.4, -0.2) is 11.7 Å². The molecular formula is C9H11O2. The van der Waals surface area contributed by atoms with Gasteiger partial charge in [-0.3, -0.25) is 0 Å². The maximum absolute atomic E-state index is 9.21. The van der Waals surface area contributed by atoms with Gasteiger partial charge in [0.25, 0.3) is 0 Å². The third-order valence-corrected chi connectivity index (χ3v) is 1.32. The second kappa shape index (κ2) is 3.28. The molecule has 0 aliphatic carbocycles. The molecule has 59 valence electrons. The van der Waals surface area contributed by atoms with Gasteiger partial charge >= 0.3 is 0 Å². The van der Waals surface area contributed by atoms with E-state index >= 15 is 0 Å². The van der Waals surface area contributed by atoms with E-state index in [4.69, 9.17) is 4.74 Å². The minimum Gasteiger partial charge on any atom is -0.504 e. The lowest BCUT2D eigenvalue weighted by Gasteiger charge is -2.05. The van der Waals surface area contributed by atoms with E-state index in [1.165, 1.54) is 0 Å². The number of phenolic OH excluding ortho intramolecular Hbond substituents is 1. The van der Waals surface area contributed by atoms with Crippen LogP contribution in [0.3, 0.4) is 0 Å². The maximum atomic E-state index is 9.21. The fourth-order valence-corrected chi connectivity index (χ4v) is 0.830. The Labute approximate surface area is 66.4 Å². The monoisotopic (exact) mass is 151 g/mol. The van der Waals surface area contributed by atoms with Gasteiger partial charge < -0.3 is 9.84 Å². The fourth-order valence-electron chi connectivity index (χ4n) is 0.830. The zero-order valence-corrected chi connectivity index (χ0v) is 6.50. The lowest BCUT2D eigenvalue weighted by Crippen LogP contribution is -1.91. The van der Waals surface area contributed by atoms with Gasteiger partial charge in [-0.05, 0) is 31.5 Å². The Morgan fingerprint density at radius 1 is 1.55 bits per heavy atom. The molecule has 0 unspecified atom stereocenters. The molecule has 1 aromatic carbocycles. The second-order valence-corrected chi connectivity index (χ2v) is 2.24. The highest BCUT2D eigenvalue weighted by molar-refractivity contribution is 5.42. The van der Waals surface area contributed by atoms with E-state index in [1.54, 1.807) is 18.2 Å². The zero-order chi connectivity index (χ0) is 8.27. The van der Waals surface area contributed by atoms with Crippen LogP contribution in [0, 0.1) is 6.92 Å². The molecule has 11 heavy (non-hydrogen) atoms. The van der Waals surface area contributed by atoms with Crippen molar-refractivity contribution in [2.45, 2.75) is 6.92 Å². The first-order chi connectivity index (χ1) is 5.24. The molecular weight excluding hydrogens is 140 g/mol. The summed E-state index contributed by atoms with van der Waals surface area (Å²) in [6, 6.07) is 5.02. The van der Waals surface area contributed by atoms with Gasteiger partial charge in [0.2, 0.25) is 0 Å². The van der Waals surface area contributed by atoms with Crippen molar-refractivity contribution in [3.05, 3.63) is 30.7 Å². The van der Waals surface area contributed by atoms with Crippen LogP contribution in [0.15, 0.2) is 18.2 Å². The lowest BCUT2D eigenvalue weighted by atomic mass is 10.2. The SMILES string of the molecule is [CH2]c1ccc(O)c(OCC)c1. The molecule has 0 bridgehead atoms. The van der Waals surface area contributed by atoms with Gasteiger partial charge in [0.1, 0.15) is 0 Å². The van der Waals surface area contributed by atoms with Gasteiger partial charge in [0.15, 0.2) is 11.5 Å². The average Bonchev–Trinajstić information content (AvgIpc) is 1.98. The summed E-state index contributed by atoms with van der Waals surface area (Å²) < 4.78 is 5.13.